The number of ether oxygens (including phenoxy) is 1. The summed E-state index contributed by atoms with van der Waals surface area (Å²) in [4.78, 5) is 0. The van der Waals surface area contributed by atoms with Gasteiger partial charge in [-0.2, -0.15) is 0 Å². The van der Waals surface area contributed by atoms with E-state index in [9.17, 15) is 0 Å². The van der Waals surface area contributed by atoms with Crippen LogP contribution in [0.15, 0.2) is 0 Å². The molecule has 0 saturated carbocycles. The van der Waals surface area contributed by atoms with Gasteiger partial charge in [0.1, 0.15) is 0 Å². The highest BCUT2D eigenvalue weighted by atomic mass is 16.5. The molecular weight excluding hydrogens is 188 g/mol. The van der Waals surface area contributed by atoms with E-state index in [2.05, 4.69) is 31.4 Å². The van der Waals surface area contributed by atoms with E-state index in [4.69, 9.17) is 4.74 Å². The average Bonchev–Trinajstić information content (AvgIpc) is 2.64. The zero-order valence-corrected chi connectivity index (χ0v) is 10.4. The minimum Gasteiger partial charge on any atom is -0.377 e. The van der Waals surface area contributed by atoms with Crippen LogP contribution >= 0.6 is 0 Å². The fourth-order valence-electron chi connectivity index (χ4n) is 2.07. The normalized spacial score (nSPS) is 23.6. The molecule has 0 bridgehead atoms. The number of rotatable bonds is 7. The molecule has 1 rings (SSSR count). The lowest BCUT2D eigenvalue weighted by Gasteiger charge is -2.18. The molecule has 1 aliphatic rings. The van der Waals surface area contributed by atoms with Crippen LogP contribution in [0.3, 0.4) is 0 Å². The largest absolute Gasteiger partial charge is 0.377 e. The van der Waals surface area contributed by atoms with Gasteiger partial charge in [-0.15, -0.1) is 0 Å². The number of hydrogen-bond acceptors (Lipinski definition) is 3. The van der Waals surface area contributed by atoms with Gasteiger partial charge in [0, 0.05) is 18.6 Å². The Labute approximate surface area is 94.0 Å². The van der Waals surface area contributed by atoms with Gasteiger partial charge in [-0.1, -0.05) is 0 Å². The zero-order chi connectivity index (χ0) is 11.1. The first-order valence-electron chi connectivity index (χ1n) is 6.27. The van der Waals surface area contributed by atoms with E-state index in [1.54, 1.807) is 0 Å². The molecule has 2 unspecified atom stereocenters. The van der Waals surface area contributed by atoms with Crippen molar-refractivity contribution in [1.29, 1.82) is 0 Å². The van der Waals surface area contributed by atoms with Crippen LogP contribution in [0.2, 0.25) is 0 Å². The zero-order valence-electron chi connectivity index (χ0n) is 10.4. The highest BCUT2D eigenvalue weighted by molar-refractivity contribution is 4.78. The van der Waals surface area contributed by atoms with Gasteiger partial charge >= 0.3 is 0 Å². The molecule has 0 radical (unpaired) electrons. The van der Waals surface area contributed by atoms with E-state index < -0.39 is 0 Å². The molecule has 0 aromatic heterocycles. The summed E-state index contributed by atoms with van der Waals surface area (Å²) in [6.45, 7) is 9.40. The summed E-state index contributed by atoms with van der Waals surface area (Å²) in [5.74, 6) is 0. The monoisotopic (exact) mass is 214 g/mol. The first-order chi connectivity index (χ1) is 7.18. The van der Waals surface area contributed by atoms with E-state index in [1.807, 2.05) is 0 Å². The van der Waals surface area contributed by atoms with Crippen molar-refractivity contribution in [3.8, 4) is 0 Å². The van der Waals surface area contributed by atoms with Crippen molar-refractivity contribution in [2.45, 2.75) is 58.2 Å². The van der Waals surface area contributed by atoms with Gasteiger partial charge < -0.3 is 15.4 Å². The smallest absolute Gasteiger partial charge is 0.0594 e. The van der Waals surface area contributed by atoms with Crippen LogP contribution in [0.1, 0.15) is 40.0 Å². The maximum absolute atomic E-state index is 5.48. The van der Waals surface area contributed by atoms with Crippen molar-refractivity contribution in [2.75, 3.05) is 19.7 Å². The first-order valence-corrected chi connectivity index (χ1v) is 6.27. The summed E-state index contributed by atoms with van der Waals surface area (Å²) in [6.07, 6.45) is 4.27. The molecule has 1 saturated heterocycles. The van der Waals surface area contributed by atoms with Crippen molar-refractivity contribution in [1.82, 2.24) is 10.6 Å². The van der Waals surface area contributed by atoms with Gasteiger partial charge in [0.2, 0.25) is 0 Å². The predicted octanol–water partition coefficient (Wildman–Crippen LogP) is 1.53. The summed E-state index contributed by atoms with van der Waals surface area (Å²) in [5, 5.41) is 7.02. The molecule has 1 fully saturated rings. The van der Waals surface area contributed by atoms with Gasteiger partial charge in [-0.25, -0.2) is 0 Å². The topological polar surface area (TPSA) is 33.3 Å². The summed E-state index contributed by atoms with van der Waals surface area (Å²) in [5.41, 5.74) is 0. The SMILES string of the molecule is CC(CC1CCCN1)NCCOC(C)C. The van der Waals surface area contributed by atoms with Crippen molar-refractivity contribution < 1.29 is 4.74 Å². The molecule has 90 valence electrons. The van der Waals surface area contributed by atoms with Crippen LogP contribution < -0.4 is 10.6 Å². The third-order valence-corrected chi connectivity index (χ3v) is 2.85. The summed E-state index contributed by atoms with van der Waals surface area (Å²) < 4.78 is 5.48. The van der Waals surface area contributed by atoms with Crippen molar-refractivity contribution >= 4 is 0 Å². The minimum absolute atomic E-state index is 0.346. The quantitative estimate of drug-likeness (QED) is 0.631. The Bertz CT molecular complexity index is 156. The third kappa shape index (κ3) is 6.13. The van der Waals surface area contributed by atoms with E-state index in [1.165, 1.54) is 25.8 Å². The van der Waals surface area contributed by atoms with E-state index in [0.29, 0.717) is 12.1 Å². The van der Waals surface area contributed by atoms with Gasteiger partial charge in [0.05, 0.1) is 12.7 Å². The fourth-order valence-corrected chi connectivity index (χ4v) is 2.07. The molecule has 3 heteroatoms. The van der Waals surface area contributed by atoms with E-state index >= 15 is 0 Å². The standard InChI is InChI=1S/C12H26N2O/c1-10(2)15-8-7-13-11(3)9-12-5-4-6-14-12/h10-14H,4-9H2,1-3H3. The lowest BCUT2D eigenvalue weighted by molar-refractivity contribution is 0.0793. The van der Waals surface area contributed by atoms with Gasteiger partial charge in [0.15, 0.2) is 0 Å². The Morgan fingerprint density at radius 2 is 2.20 bits per heavy atom. The maximum atomic E-state index is 5.48. The van der Waals surface area contributed by atoms with Crippen LogP contribution in [0.4, 0.5) is 0 Å². The van der Waals surface area contributed by atoms with Crippen molar-refractivity contribution in [3.05, 3.63) is 0 Å². The average molecular weight is 214 g/mol. The van der Waals surface area contributed by atoms with E-state index in [0.717, 1.165) is 19.2 Å². The van der Waals surface area contributed by atoms with Gasteiger partial charge in [0.25, 0.3) is 0 Å². The molecule has 2 N–H and O–H groups in total. The Morgan fingerprint density at radius 3 is 2.80 bits per heavy atom. The number of nitrogens with one attached hydrogen (secondary N) is 2. The fraction of sp³-hybridized carbons (Fsp3) is 1.00. The molecule has 1 aliphatic heterocycles. The summed E-state index contributed by atoms with van der Waals surface area (Å²) >= 11 is 0. The highest BCUT2D eigenvalue weighted by Crippen LogP contribution is 2.10. The molecule has 3 nitrogen and oxygen atoms in total. The third-order valence-electron chi connectivity index (χ3n) is 2.85. The van der Waals surface area contributed by atoms with Gasteiger partial charge in [-0.3, -0.25) is 0 Å². The maximum Gasteiger partial charge on any atom is 0.0594 e. The first kappa shape index (κ1) is 12.9. The second-order valence-corrected chi connectivity index (χ2v) is 4.80. The van der Waals surface area contributed by atoms with Crippen LogP contribution in [0.5, 0.6) is 0 Å². The van der Waals surface area contributed by atoms with Crippen molar-refractivity contribution in [3.63, 3.8) is 0 Å². The number of hydrogen-bond donors (Lipinski definition) is 2. The Balaban J connectivity index is 1.95. The van der Waals surface area contributed by atoms with Gasteiger partial charge in [-0.05, 0) is 46.6 Å². The Morgan fingerprint density at radius 1 is 1.40 bits per heavy atom. The minimum atomic E-state index is 0.346. The predicted molar refractivity (Wildman–Crippen MR) is 64.2 cm³/mol. The Hall–Kier alpha value is -0.120. The lowest BCUT2D eigenvalue weighted by Crippen LogP contribution is -2.35. The van der Waals surface area contributed by atoms with Crippen LogP contribution in [-0.2, 0) is 4.74 Å². The summed E-state index contributed by atoms with van der Waals surface area (Å²) in [6, 6.07) is 1.33. The Kier molecular flexibility index (Phi) is 6.22. The second kappa shape index (κ2) is 7.20. The molecule has 0 spiro atoms. The van der Waals surface area contributed by atoms with E-state index in [-0.39, 0.29) is 0 Å². The van der Waals surface area contributed by atoms with Crippen molar-refractivity contribution in [2.24, 2.45) is 0 Å². The van der Waals surface area contributed by atoms with Crippen LogP contribution in [0.25, 0.3) is 0 Å². The molecule has 0 aromatic carbocycles. The molecule has 2 atom stereocenters. The molecule has 15 heavy (non-hydrogen) atoms. The second-order valence-electron chi connectivity index (χ2n) is 4.80. The molecular formula is C12H26N2O. The van der Waals surface area contributed by atoms with Crippen LogP contribution in [0, 0.1) is 0 Å². The molecule has 0 aromatic rings. The van der Waals surface area contributed by atoms with Crippen LogP contribution in [-0.4, -0.2) is 37.9 Å². The highest BCUT2D eigenvalue weighted by Gasteiger charge is 2.16. The summed E-state index contributed by atoms with van der Waals surface area (Å²) in [7, 11) is 0. The molecule has 1 heterocycles. The molecule has 0 amide bonds. The lowest BCUT2D eigenvalue weighted by atomic mass is 10.1. The molecule has 0 aliphatic carbocycles.